The molecule has 1 aromatic heterocycles. The average molecular weight is 451 g/mol. The summed E-state index contributed by atoms with van der Waals surface area (Å²) in [6, 6.07) is 19.7. The van der Waals surface area contributed by atoms with Crippen molar-refractivity contribution in [1.29, 1.82) is 0 Å². The summed E-state index contributed by atoms with van der Waals surface area (Å²) >= 11 is 0. The number of hydrogen-bond donors (Lipinski definition) is 4. The van der Waals surface area contributed by atoms with Crippen LogP contribution in [0.5, 0.6) is 0 Å². The lowest BCUT2D eigenvalue weighted by molar-refractivity contribution is -0.123. The van der Waals surface area contributed by atoms with E-state index in [0.29, 0.717) is 18.4 Å². The van der Waals surface area contributed by atoms with Gasteiger partial charge in [-0.3, -0.25) is 9.59 Å². The third-order valence-electron chi connectivity index (χ3n) is 4.48. The van der Waals surface area contributed by atoms with Gasteiger partial charge in [0.1, 0.15) is 5.82 Å². The number of carboxylic acid groups (broad SMARTS) is 1. The average Bonchev–Trinajstić information content (AvgIpc) is 2.78. The number of amides is 1. The van der Waals surface area contributed by atoms with Crippen molar-refractivity contribution < 1.29 is 14.7 Å². The zero-order valence-corrected chi connectivity index (χ0v) is 19.0. The van der Waals surface area contributed by atoms with Gasteiger partial charge >= 0.3 is 0 Å². The van der Waals surface area contributed by atoms with Crippen molar-refractivity contribution in [2.75, 3.05) is 43.1 Å². The van der Waals surface area contributed by atoms with Crippen LogP contribution in [0.2, 0.25) is 0 Å². The van der Waals surface area contributed by atoms with Gasteiger partial charge in [0.25, 0.3) is 6.47 Å². The summed E-state index contributed by atoms with van der Waals surface area (Å²) in [5.41, 5.74) is 2.80. The van der Waals surface area contributed by atoms with E-state index in [-0.39, 0.29) is 12.4 Å². The molecule has 0 aliphatic rings. The van der Waals surface area contributed by atoms with E-state index in [1.54, 1.807) is 6.20 Å². The summed E-state index contributed by atoms with van der Waals surface area (Å²) in [5.74, 6) is 1.54. The van der Waals surface area contributed by atoms with Gasteiger partial charge in [0, 0.05) is 24.1 Å². The molecule has 33 heavy (non-hydrogen) atoms. The second-order valence-corrected chi connectivity index (χ2v) is 7.56. The van der Waals surface area contributed by atoms with Crippen LogP contribution in [0.4, 0.5) is 23.1 Å². The largest absolute Gasteiger partial charge is 0.483 e. The predicted octanol–water partition coefficient (Wildman–Crippen LogP) is 3.64. The Kier molecular flexibility index (Phi) is 10.3. The number of anilines is 4. The van der Waals surface area contributed by atoms with E-state index in [9.17, 15) is 4.79 Å². The van der Waals surface area contributed by atoms with Crippen LogP contribution < -0.4 is 16.0 Å². The fraction of sp³-hybridized carbons (Fsp3) is 0.250. The topological polar surface area (TPSA) is 119 Å². The minimum atomic E-state index is -0.250. The Bertz CT molecular complexity index is 1010. The maximum Gasteiger partial charge on any atom is 0.290 e. The van der Waals surface area contributed by atoms with E-state index in [2.05, 4.69) is 57.1 Å². The highest BCUT2D eigenvalue weighted by Crippen LogP contribution is 2.20. The first kappa shape index (κ1) is 25.3. The van der Waals surface area contributed by atoms with E-state index >= 15 is 0 Å². The van der Waals surface area contributed by atoms with E-state index in [1.165, 1.54) is 5.56 Å². The third kappa shape index (κ3) is 9.36. The van der Waals surface area contributed by atoms with Crippen molar-refractivity contribution in [2.45, 2.75) is 12.8 Å². The van der Waals surface area contributed by atoms with E-state index in [0.717, 1.165) is 23.7 Å². The van der Waals surface area contributed by atoms with Crippen LogP contribution >= 0.6 is 0 Å². The van der Waals surface area contributed by atoms with E-state index in [1.807, 2.05) is 55.4 Å². The molecule has 3 rings (SSSR count). The summed E-state index contributed by atoms with van der Waals surface area (Å²) in [7, 11) is 3.72. The number of carbonyl (C=O) groups is 2. The summed E-state index contributed by atoms with van der Waals surface area (Å²) < 4.78 is 0. The van der Waals surface area contributed by atoms with Crippen LogP contribution in [0.25, 0.3) is 0 Å². The summed E-state index contributed by atoms with van der Waals surface area (Å²) in [6.45, 7) is 3.03. The quantitative estimate of drug-likeness (QED) is 0.365. The van der Waals surface area contributed by atoms with E-state index < -0.39 is 0 Å². The van der Waals surface area contributed by atoms with Crippen molar-refractivity contribution in [3.05, 3.63) is 72.4 Å². The van der Waals surface area contributed by atoms with Crippen LogP contribution in [0.15, 0.2) is 66.9 Å². The Morgan fingerprint density at radius 1 is 1.09 bits per heavy atom. The molecule has 3 aromatic rings. The SMILES string of the molecule is CC(CNc1ccnc(Nc2cccc(NC(=O)CN(C)C)c2)n1)c1ccccc1.O=CO. The number of aromatic nitrogens is 2. The van der Waals surface area contributed by atoms with Crippen LogP contribution in [0.1, 0.15) is 18.4 Å². The molecule has 174 valence electrons. The molecule has 4 N–H and O–H groups in total. The fourth-order valence-electron chi connectivity index (χ4n) is 2.97. The van der Waals surface area contributed by atoms with Crippen molar-refractivity contribution in [1.82, 2.24) is 14.9 Å². The van der Waals surface area contributed by atoms with Gasteiger partial charge in [-0.2, -0.15) is 4.98 Å². The Morgan fingerprint density at radius 3 is 2.48 bits per heavy atom. The zero-order chi connectivity index (χ0) is 24.1. The fourth-order valence-corrected chi connectivity index (χ4v) is 2.97. The standard InChI is InChI=1S/C23H28N6O.CH2O2/c1-17(18-8-5-4-6-9-18)15-25-21-12-13-24-23(28-21)27-20-11-7-10-19(14-20)26-22(30)16-29(2)3;2-1-3/h4-14,17H,15-16H2,1-3H3,(H,26,30)(H2,24,25,27,28);1H,(H,2,3). The molecule has 1 amide bonds. The van der Waals surface area contributed by atoms with Crippen LogP contribution in [0.3, 0.4) is 0 Å². The first-order chi connectivity index (χ1) is 15.9. The van der Waals surface area contributed by atoms with E-state index in [4.69, 9.17) is 9.90 Å². The Balaban J connectivity index is 0.00000122. The normalized spacial score (nSPS) is 11.0. The lowest BCUT2D eigenvalue weighted by Crippen LogP contribution is -2.27. The molecule has 0 saturated heterocycles. The highest BCUT2D eigenvalue weighted by molar-refractivity contribution is 5.92. The van der Waals surface area contributed by atoms with Gasteiger partial charge in [-0.25, -0.2) is 4.98 Å². The van der Waals surface area contributed by atoms with Crippen LogP contribution in [-0.2, 0) is 9.59 Å². The molecule has 0 spiro atoms. The minimum Gasteiger partial charge on any atom is -0.483 e. The van der Waals surface area contributed by atoms with Crippen LogP contribution in [-0.4, -0.2) is 59.5 Å². The van der Waals surface area contributed by atoms with Gasteiger partial charge in [0.15, 0.2) is 0 Å². The summed E-state index contributed by atoms with van der Waals surface area (Å²) in [6.07, 6.45) is 1.72. The predicted molar refractivity (Wildman–Crippen MR) is 131 cm³/mol. The maximum absolute atomic E-state index is 12.0. The number of hydrogen-bond acceptors (Lipinski definition) is 7. The first-order valence-electron chi connectivity index (χ1n) is 10.4. The van der Waals surface area contributed by atoms with Crippen LogP contribution in [0, 0.1) is 0 Å². The third-order valence-corrected chi connectivity index (χ3v) is 4.48. The highest BCUT2D eigenvalue weighted by atomic mass is 16.3. The molecule has 0 aliphatic heterocycles. The summed E-state index contributed by atoms with van der Waals surface area (Å²) in [4.78, 5) is 31.0. The lowest BCUT2D eigenvalue weighted by Gasteiger charge is -2.14. The highest BCUT2D eigenvalue weighted by Gasteiger charge is 2.07. The van der Waals surface area contributed by atoms with Gasteiger partial charge in [0.05, 0.1) is 6.54 Å². The molecule has 0 radical (unpaired) electrons. The molecular formula is C24H30N6O3. The minimum absolute atomic E-state index is 0.0628. The monoisotopic (exact) mass is 450 g/mol. The second kappa shape index (κ2) is 13.4. The molecule has 1 unspecified atom stereocenters. The Morgan fingerprint density at radius 2 is 1.79 bits per heavy atom. The van der Waals surface area contributed by atoms with Gasteiger partial charge < -0.3 is 26.0 Å². The molecule has 0 saturated carbocycles. The van der Waals surface area contributed by atoms with Gasteiger partial charge in [-0.15, -0.1) is 0 Å². The number of nitrogens with zero attached hydrogens (tertiary/aromatic N) is 3. The van der Waals surface area contributed by atoms with Gasteiger partial charge in [-0.05, 0) is 49.8 Å². The molecule has 0 bridgehead atoms. The molecule has 0 fully saturated rings. The number of rotatable bonds is 9. The Hall–Kier alpha value is -3.98. The number of carbonyl (C=O) groups excluding carboxylic acids is 1. The molecule has 0 aliphatic carbocycles. The second-order valence-electron chi connectivity index (χ2n) is 7.56. The van der Waals surface area contributed by atoms with Gasteiger partial charge in [-0.1, -0.05) is 43.3 Å². The number of likely N-dealkylation sites (N-methyl/N-ethyl adjacent to an activating group) is 1. The molecule has 9 nitrogen and oxygen atoms in total. The Labute approximate surface area is 193 Å². The molecule has 2 aromatic carbocycles. The smallest absolute Gasteiger partial charge is 0.290 e. The number of nitrogens with one attached hydrogen (secondary N) is 3. The van der Waals surface area contributed by atoms with Crippen molar-refractivity contribution >= 4 is 35.5 Å². The first-order valence-corrected chi connectivity index (χ1v) is 10.4. The summed E-state index contributed by atoms with van der Waals surface area (Å²) in [5, 5.41) is 16.3. The molecule has 1 atom stereocenters. The zero-order valence-electron chi connectivity index (χ0n) is 19.0. The van der Waals surface area contributed by atoms with Crippen molar-refractivity contribution in [3.63, 3.8) is 0 Å². The molecule has 9 heteroatoms. The number of benzene rings is 2. The molecule has 1 heterocycles. The van der Waals surface area contributed by atoms with Gasteiger partial charge in [0.2, 0.25) is 11.9 Å². The molecular weight excluding hydrogens is 420 g/mol. The lowest BCUT2D eigenvalue weighted by atomic mass is 10.0. The van der Waals surface area contributed by atoms with Crippen molar-refractivity contribution in [2.24, 2.45) is 0 Å². The maximum atomic E-state index is 12.0. The van der Waals surface area contributed by atoms with Crippen molar-refractivity contribution in [3.8, 4) is 0 Å².